The molecule has 1 aliphatic rings. The number of hydrogen-bond donors (Lipinski definition) is 0. The van der Waals surface area contributed by atoms with Crippen molar-refractivity contribution in [3.63, 3.8) is 0 Å². The lowest BCUT2D eigenvalue weighted by Gasteiger charge is -2.34. The number of benzene rings is 1. The zero-order chi connectivity index (χ0) is 15.5. The van der Waals surface area contributed by atoms with Crippen LogP contribution < -0.4 is 4.74 Å². The average Bonchev–Trinajstić information content (AvgIpc) is 2.45. The third kappa shape index (κ3) is 4.13. The topological polar surface area (TPSA) is 38.8 Å². The summed E-state index contributed by atoms with van der Waals surface area (Å²) in [7, 11) is 1.70. The highest BCUT2D eigenvalue weighted by Gasteiger charge is 2.28. The summed E-state index contributed by atoms with van der Waals surface area (Å²) < 4.78 is 10.9. The number of methoxy groups -OCH3 is 1. The van der Waals surface area contributed by atoms with Gasteiger partial charge in [-0.1, -0.05) is 18.2 Å². The number of ether oxygens (including phenoxy) is 2. The van der Waals surface area contributed by atoms with Crippen molar-refractivity contribution in [1.82, 2.24) is 4.90 Å². The first-order chi connectivity index (χ1) is 9.90. The molecule has 1 amide bonds. The van der Waals surface area contributed by atoms with Crippen molar-refractivity contribution in [3.05, 3.63) is 29.8 Å². The van der Waals surface area contributed by atoms with Crippen molar-refractivity contribution in [3.8, 4) is 5.75 Å². The highest BCUT2D eigenvalue weighted by atomic mass is 16.6. The van der Waals surface area contributed by atoms with Gasteiger partial charge in [-0.2, -0.15) is 0 Å². The molecule has 0 radical (unpaired) electrons. The maximum absolute atomic E-state index is 12.1. The zero-order valence-corrected chi connectivity index (χ0v) is 13.4. The molecule has 0 aromatic heterocycles. The van der Waals surface area contributed by atoms with Crippen molar-refractivity contribution in [2.75, 3.05) is 20.2 Å². The van der Waals surface area contributed by atoms with E-state index in [1.807, 2.05) is 39.0 Å². The number of rotatable bonds is 2. The number of amides is 1. The molecule has 2 rings (SSSR count). The first-order valence-electron chi connectivity index (χ1n) is 7.51. The molecule has 1 aromatic rings. The van der Waals surface area contributed by atoms with Crippen LogP contribution in [0.2, 0.25) is 0 Å². The molecule has 0 spiro atoms. The molecule has 0 N–H and O–H groups in total. The molecule has 4 nitrogen and oxygen atoms in total. The fraction of sp³-hybridized carbons (Fsp3) is 0.588. The molecule has 4 heteroatoms. The van der Waals surface area contributed by atoms with Gasteiger partial charge in [-0.3, -0.25) is 0 Å². The molecule has 1 fully saturated rings. The minimum Gasteiger partial charge on any atom is -0.496 e. The first kappa shape index (κ1) is 15.7. The van der Waals surface area contributed by atoms with E-state index >= 15 is 0 Å². The van der Waals surface area contributed by atoms with Gasteiger partial charge >= 0.3 is 6.09 Å². The van der Waals surface area contributed by atoms with E-state index in [0.717, 1.165) is 31.7 Å². The lowest BCUT2D eigenvalue weighted by Crippen LogP contribution is -2.41. The molecule has 0 unspecified atom stereocenters. The van der Waals surface area contributed by atoms with E-state index in [1.54, 1.807) is 12.0 Å². The fourth-order valence-corrected chi connectivity index (χ4v) is 2.70. The standard InChI is InChI=1S/C17H25NO3/c1-17(2,3)21-16(19)18-11-9-13(10-12-18)14-7-5-6-8-15(14)20-4/h5-8,13H,9-12H2,1-4H3. The van der Waals surface area contributed by atoms with Crippen molar-refractivity contribution in [2.24, 2.45) is 0 Å². The van der Waals surface area contributed by atoms with E-state index in [4.69, 9.17) is 9.47 Å². The molecule has 21 heavy (non-hydrogen) atoms. The number of piperidine rings is 1. The van der Waals surface area contributed by atoms with Crippen LogP contribution in [0.25, 0.3) is 0 Å². The number of hydrogen-bond acceptors (Lipinski definition) is 3. The molecule has 1 saturated heterocycles. The molecule has 0 aliphatic carbocycles. The monoisotopic (exact) mass is 291 g/mol. The van der Waals surface area contributed by atoms with Crippen LogP contribution in [0.4, 0.5) is 4.79 Å². The second kappa shape index (κ2) is 6.37. The Balaban J connectivity index is 1.96. The molecular weight excluding hydrogens is 266 g/mol. The van der Waals surface area contributed by atoms with Crippen LogP contribution in [0.15, 0.2) is 24.3 Å². The largest absolute Gasteiger partial charge is 0.496 e. The third-order valence-corrected chi connectivity index (χ3v) is 3.73. The second-order valence-corrected chi connectivity index (χ2v) is 6.48. The van der Waals surface area contributed by atoms with E-state index in [2.05, 4.69) is 6.07 Å². The SMILES string of the molecule is COc1ccccc1C1CCN(C(=O)OC(C)(C)C)CC1. The molecule has 1 heterocycles. The minimum absolute atomic E-state index is 0.207. The predicted octanol–water partition coefficient (Wildman–Crippen LogP) is 3.81. The Labute approximate surface area is 127 Å². The minimum atomic E-state index is -0.434. The number of likely N-dealkylation sites (tertiary alicyclic amines) is 1. The summed E-state index contributed by atoms with van der Waals surface area (Å²) in [5.74, 6) is 1.38. The number of nitrogens with zero attached hydrogens (tertiary/aromatic N) is 1. The maximum atomic E-state index is 12.1. The molecule has 1 aliphatic heterocycles. The van der Waals surface area contributed by atoms with Crippen LogP contribution in [0.1, 0.15) is 45.1 Å². The second-order valence-electron chi connectivity index (χ2n) is 6.48. The van der Waals surface area contributed by atoms with Gasteiger partial charge in [0.1, 0.15) is 11.4 Å². The summed E-state index contributed by atoms with van der Waals surface area (Å²) in [6.07, 6.45) is 1.68. The van der Waals surface area contributed by atoms with Gasteiger partial charge in [-0.25, -0.2) is 4.79 Å². The first-order valence-corrected chi connectivity index (χ1v) is 7.51. The molecule has 0 bridgehead atoms. The zero-order valence-electron chi connectivity index (χ0n) is 13.4. The molecular formula is C17H25NO3. The third-order valence-electron chi connectivity index (χ3n) is 3.73. The Morgan fingerprint density at radius 3 is 2.38 bits per heavy atom. The van der Waals surface area contributed by atoms with E-state index in [-0.39, 0.29) is 6.09 Å². The maximum Gasteiger partial charge on any atom is 0.410 e. The van der Waals surface area contributed by atoms with Crippen molar-refractivity contribution in [1.29, 1.82) is 0 Å². The summed E-state index contributed by atoms with van der Waals surface area (Å²) in [5, 5.41) is 0. The molecule has 0 saturated carbocycles. The van der Waals surface area contributed by atoms with Gasteiger partial charge in [-0.05, 0) is 51.2 Å². The van der Waals surface area contributed by atoms with Crippen molar-refractivity contribution >= 4 is 6.09 Å². The normalized spacial score (nSPS) is 16.7. The summed E-state index contributed by atoms with van der Waals surface area (Å²) in [5.41, 5.74) is 0.806. The Morgan fingerprint density at radius 2 is 1.81 bits per heavy atom. The number of para-hydroxylation sites is 1. The Bertz CT molecular complexity index is 485. The van der Waals surface area contributed by atoms with Gasteiger partial charge in [-0.15, -0.1) is 0 Å². The van der Waals surface area contributed by atoms with Gasteiger partial charge in [0, 0.05) is 13.1 Å². The van der Waals surface area contributed by atoms with Crippen LogP contribution in [0.5, 0.6) is 5.75 Å². The summed E-state index contributed by atoms with van der Waals surface area (Å²) in [6, 6.07) is 8.14. The van der Waals surface area contributed by atoms with Gasteiger partial charge in [0.25, 0.3) is 0 Å². The quantitative estimate of drug-likeness (QED) is 0.831. The molecule has 0 atom stereocenters. The summed E-state index contributed by atoms with van der Waals surface area (Å²) in [4.78, 5) is 13.9. The highest BCUT2D eigenvalue weighted by molar-refractivity contribution is 5.68. The lowest BCUT2D eigenvalue weighted by atomic mass is 9.89. The van der Waals surface area contributed by atoms with Crippen molar-refractivity contribution < 1.29 is 14.3 Å². The Morgan fingerprint density at radius 1 is 1.19 bits per heavy atom. The lowest BCUT2D eigenvalue weighted by molar-refractivity contribution is 0.0204. The molecule has 1 aromatic carbocycles. The van der Waals surface area contributed by atoms with Crippen LogP contribution in [0, 0.1) is 0 Å². The van der Waals surface area contributed by atoms with Gasteiger partial charge in [0.15, 0.2) is 0 Å². The van der Waals surface area contributed by atoms with Crippen LogP contribution in [-0.2, 0) is 4.74 Å². The fourth-order valence-electron chi connectivity index (χ4n) is 2.70. The summed E-state index contributed by atoms with van der Waals surface area (Å²) >= 11 is 0. The Hall–Kier alpha value is -1.71. The van der Waals surface area contributed by atoms with Crippen LogP contribution in [0.3, 0.4) is 0 Å². The van der Waals surface area contributed by atoms with Crippen molar-refractivity contribution in [2.45, 2.75) is 45.1 Å². The smallest absolute Gasteiger partial charge is 0.410 e. The van der Waals surface area contributed by atoms with E-state index in [1.165, 1.54) is 5.56 Å². The van der Waals surface area contributed by atoms with Gasteiger partial charge in [0.2, 0.25) is 0 Å². The Kier molecular flexibility index (Phi) is 4.76. The van der Waals surface area contributed by atoms with Crippen LogP contribution in [-0.4, -0.2) is 36.8 Å². The molecule has 116 valence electrons. The van der Waals surface area contributed by atoms with Gasteiger partial charge in [0.05, 0.1) is 7.11 Å². The highest BCUT2D eigenvalue weighted by Crippen LogP contribution is 2.34. The predicted molar refractivity (Wildman–Crippen MR) is 82.8 cm³/mol. The van der Waals surface area contributed by atoms with Crippen LogP contribution >= 0.6 is 0 Å². The summed E-state index contributed by atoms with van der Waals surface area (Å²) in [6.45, 7) is 7.15. The number of carbonyl (C=O) groups excluding carboxylic acids is 1. The number of carbonyl (C=O) groups is 1. The van der Waals surface area contributed by atoms with E-state index in [0.29, 0.717) is 5.92 Å². The average molecular weight is 291 g/mol. The van der Waals surface area contributed by atoms with Gasteiger partial charge < -0.3 is 14.4 Å². The van der Waals surface area contributed by atoms with E-state index < -0.39 is 5.60 Å². The van der Waals surface area contributed by atoms with E-state index in [9.17, 15) is 4.79 Å².